The van der Waals surface area contributed by atoms with E-state index in [-0.39, 0.29) is 5.75 Å². The largest absolute Gasteiger partial charge is 0.373 e. The van der Waals surface area contributed by atoms with Crippen LogP contribution < -0.4 is 5.32 Å². The molecule has 0 bridgehead atoms. The van der Waals surface area contributed by atoms with E-state index in [0.717, 1.165) is 17.3 Å². The molecule has 0 saturated heterocycles. The van der Waals surface area contributed by atoms with E-state index in [1.807, 2.05) is 25.2 Å². The van der Waals surface area contributed by atoms with Gasteiger partial charge in [-0.2, -0.15) is 11.8 Å². The molecule has 0 radical (unpaired) electrons. The number of aromatic nitrogens is 1. The average molecular weight is 260 g/mol. The number of rotatable bonds is 6. The smallest absolute Gasteiger partial charge is 0.148 e. The summed E-state index contributed by atoms with van der Waals surface area (Å²) in [6.07, 6.45) is 1.26. The van der Waals surface area contributed by atoms with Crippen LogP contribution in [0.2, 0.25) is 0 Å². The molecule has 0 atom stereocenters. The third kappa shape index (κ3) is 5.37. The first-order valence-electron chi connectivity index (χ1n) is 4.90. The van der Waals surface area contributed by atoms with Gasteiger partial charge in [-0.3, -0.25) is 0 Å². The van der Waals surface area contributed by atoms with Gasteiger partial charge in [-0.25, -0.2) is 13.4 Å². The molecule has 1 N–H and O–H groups in total. The van der Waals surface area contributed by atoms with Gasteiger partial charge in [0.05, 0.1) is 11.4 Å². The van der Waals surface area contributed by atoms with Crippen LogP contribution in [0.15, 0.2) is 18.2 Å². The van der Waals surface area contributed by atoms with E-state index in [2.05, 4.69) is 10.3 Å². The number of nitrogens with one attached hydrogen (secondary N) is 1. The maximum atomic E-state index is 10.9. The summed E-state index contributed by atoms with van der Waals surface area (Å²) in [6.45, 7) is 0. The summed E-state index contributed by atoms with van der Waals surface area (Å²) in [7, 11) is -1.02. The number of nitrogens with zero attached hydrogens (tertiary/aromatic N) is 1. The Bertz CT molecular complexity index is 432. The van der Waals surface area contributed by atoms with Gasteiger partial charge in [-0.05, 0) is 12.1 Å². The van der Waals surface area contributed by atoms with Crippen LogP contribution in [0.25, 0.3) is 0 Å². The van der Waals surface area contributed by atoms with E-state index < -0.39 is 9.84 Å². The highest BCUT2D eigenvalue weighted by atomic mass is 32.2. The first-order chi connectivity index (χ1) is 7.51. The highest BCUT2D eigenvalue weighted by Crippen LogP contribution is 2.12. The summed E-state index contributed by atoms with van der Waals surface area (Å²) in [5.41, 5.74) is 0.963. The molecule has 16 heavy (non-hydrogen) atoms. The Balaban J connectivity index is 2.37. The zero-order chi connectivity index (χ0) is 12.0. The third-order valence-electron chi connectivity index (χ3n) is 1.91. The molecule has 0 fully saturated rings. The Hall–Kier alpha value is -0.750. The lowest BCUT2D eigenvalue weighted by Crippen LogP contribution is -2.05. The molecule has 0 saturated carbocycles. The number of thioether (sulfide) groups is 1. The highest BCUT2D eigenvalue weighted by molar-refractivity contribution is 7.99. The summed E-state index contributed by atoms with van der Waals surface area (Å²) in [5.74, 6) is 2.42. The molecule has 0 amide bonds. The predicted molar refractivity (Wildman–Crippen MR) is 69.7 cm³/mol. The molecule has 4 nitrogen and oxygen atoms in total. The normalized spacial score (nSPS) is 11.4. The van der Waals surface area contributed by atoms with Gasteiger partial charge in [0.15, 0.2) is 0 Å². The van der Waals surface area contributed by atoms with Gasteiger partial charge in [0, 0.05) is 24.8 Å². The van der Waals surface area contributed by atoms with Crippen molar-refractivity contribution in [2.45, 2.75) is 5.75 Å². The van der Waals surface area contributed by atoms with Crippen molar-refractivity contribution in [3.05, 3.63) is 23.9 Å². The van der Waals surface area contributed by atoms with Gasteiger partial charge in [-0.1, -0.05) is 6.07 Å². The molecule has 0 aliphatic carbocycles. The summed E-state index contributed by atoms with van der Waals surface area (Å²) < 4.78 is 21.8. The van der Waals surface area contributed by atoms with Crippen LogP contribution in [-0.4, -0.2) is 38.2 Å². The molecular formula is C10H16N2O2S2. The van der Waals surface area contributed by atoms with Crippen molar-refractivity contribution in [1.82, 2.24) is 4.98 Å². The molecule has 1 aromatic heterocycles. The first-order valence-corrected chi connectivity index (χ1v) is 8.12. The molecule has 1 aromatic rings. The van der Waals surface area contributed by atoms with Crippen molar-refractivity contribution in [2.75, 3.05) is 30.1 Å². The summed E-state index contributed by atoms with van der Waals surface area (Å²) in [5, 5.41) is 2.97. The van der Waals surface area contributed by atoms with E-state index in [9.17, 15) is 8.42 Å². The molecule has 90 valence electrons. The van der Waals surface area contributed by atoms with Gasteiger partial charge >= 0.3 is 0 Å². The molecule has 0 spiro atoms. The van der Waals surface area contributed by atoms with Crippen molar-refractivity contribution in [2.24, 2.45) is 0 Å². The Labute approximate surface area is 101 Å². The fraction of sp³-hybridized carbons (Fsp3) is 0.500. The summed E-state index contributed by atoms with van der Waals surface area (Å²) >= 11 is 1.58. The van der Waals surface area contributed by atoms with Crippen molar-refractivity contribution in [3.8, 4) is 0 Å². The molecular weight excluding hydrogens is 244 g/mol. The molecule has 0 aliphatic rings. The van der Waals surface area contributed by atoms with Crippen molar-refractivity contribution in [1.29, 1.82) is 0 Å². The molecule has 1 rings (SSSR count). The van der Waals surface area contributed by atoms with Gasteiger partial charge in [0.25, 0.3) is 0 Å². The highest BCUT2D eigenvalue weighted by Gasteiger charge is 2.02. The number of hydrogen-bond donors (Lipinski definition) is 1. The van der Waals surface area contributed by atoms with Crippen molar-refractivity contribution < 1.29 is 8.42 Å². The van der Waals surface area contributed by atoms with E-state index in [1.165, 1.54) is 6.26 Å². The van der Waals surface area contributed by atoms with E-state index >= 15 is 0 Å². The van der Waals surface area contributed by atoms with Gasteiger partial charge < -0.3 is 5.32 Å². The van der Waals surface area contributed by atoms with E-state index in [4.69, 9.17) is 0 Å². The number of anilines is 1. The maximum Gasteiger partial charge on any atom is 0.148 e. The zero-order valence-corrected chi connectivity index (χ0v) is 11.1. The topological polar surface area (TPSA) is 59.1 Å². The van der Waals surface area contributed by atoms with Crippen LogP contribution >= 0.6 is 11.8 Å². The second-order valence-electron chi connectivity index (χ2n) is 3.45. The molecule has 1 heterocycles. The Kier molecular flexibility index (Phi) is 5.08. The molecule has 6 heteroatoms. The van der Waals surface area contributed by atoms with Crippen molar-refractivity contribution >= 4 is 27.4 Å². The minimum absolute atomic E-state index is 0.226. The zero-order valence-electron chi connectivity index (χ0n) is 9.43. The first kappa shape index (κ1) is 13.3. The standard InChI is InChI=1S/C10H16N2O2S2/c1-11-10-5-3-4-9(12-10)8-15-6-7-16(2,13)14/h3-5H,6-8H2,1-2H3,(H,11,12). The summed E-state index contributed by atoms with van der Waals surface area (Å²) in [4.78, 5) is 4.34. The van der Waals surface area contributed by atoms with E-state index in [1.54, 1.807) is 11.8 Å². The number of hydrogen-bond acceptors (Lipinski definition) is 5. The lowest BCUT2D eigenvalue weighted by Gasteiger charge is -2.03. The predicted octanol–water partition coefficient (Wildman–Crippen LogP) is 1.40. The number of sulfone groups is 1. The lowest BCUT2D eigenvalue weighted by atomic mass is 10.4. The van der Waals surface area contributed by atoms with Crippen LogP contribution in [0, 0.1) is 0 Å². The van der Waals surface area contributed by atoms with Gasteiger partial charge in [0.2, 0.25) is 0 Å². The SMILES string of the molecule is CNc1cccc(CSCCS(C)(=O)=O)n1. The second-order valence-corrected chi connectivity index (χ2v) is 6.81. The van der Waals surface area contributed by atoms with Gasteiger partial charge in [-0.15, -0.1) is 0 Å². The van der Waals surface area contributed by atoms with Crippen LogP contribution in [0.3, 0.4) is 0 Å². The van der Waals surface area contributed by atoms with Crippen LogP contribution in [0.5, 0.6) is 0 Å². The number of pyridine rings is 1. The Morgan fingerprint density at radius 3 is 2.81 bits per heavy atom. The fourth-order valence-corrected chi connectivity index (χ4v) is 3.28. The van der Waals surface area contributed by atoms with E-state index in [0.29, 0.717) is 5.75 Å². The minimum atomic E-state index is -2.84. The quantitative estimate of drug-likeness (QED) is 0.784. The van der Waals surface area contributed by atoms with Crippen LogP contribution in [0.4, 0.5) is 5.82 Å². The average Bonchev–Trinajstić information content (AvgIpc) is 2.23. The Morgan fingerprint density at radius 1 is 1.44 bits per heavy atom. The maximum absolute atomic E-state index is 10.9. The fourth-order valence-electron chi connectivity index (χ4n) is 1.09. The van der Waals surface area contributed by atoms with Crippen molar-refractivity contribution in [3.63, 3.8) is 0 Å². The summed E-state index contributed by atoms with van der Waals surface area (Å²) in [6, 6.07) is 5.77. The van der Waals surface area contributed by atoms with Crippen LogP contribution in [0.1, 0.15) is 5.69 Å². The molecule has 0 aliphatic heterocycles. The molecule has 0 unspecified atom stereocenters. The third-order valence-corrected chi connectivity index (χ3v) is 4.11. The lowest BCUT2D eigenvalue weighted by molar-refractivity contribution is 0.603. The second kappa shape index (κ2) is 6.10. The van der Waals surface area contributed by atoms with Gasteiger partial charge in [0.1, 0.15) is 15.7 Å². The van der Waals surface area contributed by atoms with Crippen LogP contribution in [-0.2, 0) is 15.6 Å². The Morgan fingerprint density at radius 2 is 2.19 bits per heavy atom. The minimum Gasteiger partial charge on any atom is -0.373 e. The molecule has 0 aromatic carbocycles. The monoisotopic (exact) mass is 260 g/mol.